The molecule has 3 unspecified atom stereocenters. The third-order valence-electron chi connectivity index (χ3n) is 24.2. The first-order valence-corrected chi connectivity index (χ1v) is 46.5. The number of ether oxygens (including phenoxy) is 17. The predicted molar refractivity (Wildman–Crippen MR) is 488 cm³/mol. The minimum Gasteiger partial charge on any atom is -0.494 e. The van der Waals surface area contributed by atoms with Crippen molar-refractivity contribution in [2.24, 2.45) is 10.8 Å². The van der Waals surface area contributed by atoms with Gasteiger partial charge in [0.15, 0.2) is 0 Å². The van der Waals surface area contributed by atoms with E-state index in [1.54, 1.807) is 48.5 Å². The summed E-state index contributed by atoms with van der Waals surface area (Å²) in [5.74, 6) is -4.52. The number of epoxide rings is 3. The predicted octanol–water partition coefficient (Wildman–Crippen LogP) is 23.5. The van der Waals surface area contributed by atoms with Gasteiger partial charge in [0.25, 0.3) is 0 Å². The fraction of sp³-hybridized carbons (Fsp3) is 0.453. The quantitative estimate of drug-likeness (QED) is 0.0113. The van der Waals surface area contributed by atoms with Crippen LogP contribution in [-0.4, -0.2) is 161 Å². The zero-order chi connectivity index (χ0) is 94.3. The topological polar surface area (TPSA) is 235 Å². The number of aryl methyl sites for hydroxylation is 1. The van der Waals surface area contributed by atoms with Crippen LogP contribution in [0.3, 0.4) is 0 Å². The molecule has 9 aromatic rings. The summed E-state index contributed by atoms with van der Waals surface area (Å²) in [4.78, 5) is 51.7. The maximum absolute atomic E-state index is 15.0. The van der Waals surface area contributed by atoms with Gasteiger partial charge < -0.3 is 80.5 Å². The van der Waals surface area contributed by atoms with E-state index >= 15 is 0 Å². The largest absolute Gasteiger partial charge is 0.494 e. The first kappa shape index (κ1) is 101. The summed E-state index contributed by atoms with van der Waals surface area (Å²) in [6.45, 7) is 20.7. The van der Waals surface area contributed by atoms with E-state index in [4.69, 9.17) is 80.5 Å². The van der Waals surface area contributed by atoms with E-state index in [9.17, 15) is 49.9 Å². The van der Waals surface area contributed by atoms with Crippen molar-refractivity contribution in [1.29, 1.82) is 0 Å². The summed E-state index contributed by atoms with van der Waals surface area (Å²) < 4.78 is 194. The molecule has 0 amide bonds. The van der Waals surface area contributed by atoms with Gasteiger partial charge in [-0.2, -0.15) is 26.3 Å². The fourth-order valence-corrected chi connectivity index (χ4v) is 15.3. The second-order valence-electron chi connectivity index (χ2n) is 34.7. The Kier molecular flexibility index (Phi) is 37.1. The van der Waals surface area contributed by atoms with Gasteiger partial charge in [0.1, 0.15) is 74.8 Å². The first-order chi connectivity index (χ1) is 64.9. The van der Waals surface area contributed by atoms with Crippen molar-refractivity contribution >= 4 is 23.9 Å². The highest BCUT2D eigenvalue weighted by Crippen LogP contribution is 2.51. The molecule has 21 nitrogen and oxygen atoms in total. The van der Waals surface area contributed by atoms with Crippen LogP contribution in [0.15, 0.2) is 188 Å². The Labute approximate surface area is 778 Å². The Bertz CT molecular complexity index is 5080. The third kappa shape index (κ3) is 30.8. The van der Waals surface area contributed by atoms with Crippen LogP contribution in [0.1, 0.15) is 212 Å². The van der Waals surface area contributed by atoms with Gasteiger partial charge in [0, 0.05) is 42.6 Å². The molecule has 0 radical (unpaired) electrons. The molecule has 9 aromatic carbocycles. The second-order valence-corrected chi connectivity index (χ2v) is 34.7. The monoisotopic (exact) mass is 1860 g/mol. The number of fused-ring (bicyclic) bond motifs is 3. The van der Waals surface area contributed by atoms with E-state index < -0.39 is 70.2 Å². The number of alkyl halides is 6. The highest BCUT2D eigenvalue weighted by molar-refractivity contribution is 5.94. The van der Waals surface area contributed by atoms with Crippen LogP contribution in [0.2, 0.25) is 0 Å². The number of hydrogen-bond acceptors (Lipinski definition) is 21. The van der Waals surface area contributed by atoms with E-state index in [1.165, 1.54) is 47.0 Å². The van der Waals surface area contributed by atoms with Gasteiger partial charge in [-0.3, -0.25) is 0 Å². The molecule has 5 heterocycles. The molecule has 5 saturated heterocycles. The molecule has 718 valence electrons. The molecule has 0 N–H and O–H groups in total. The second kappa shape index (κ2) is 49.5. The van der Waals surface area contributed by atoms with E-state index in [1.807, 2.05) is 48.5 Å². The van der Waals surface area contributed by atoms with Gasteiger partial charge in [0.05, 0.1) is 134 Å². The summed E-state index contributed by atoms with van der Waals surface area (Å²) in [6, 6.07) is 51.2. The Morgan fingerprint density at radius 2 is 0.701 bits per heavy atom. The van der Waals surface area contributed by atoms with Crippen LogP contribution >= 0.6 is 0 Å². The van der Waals surface area contributed by atoms with Crippen molar-refractivity contribution < 1.29 is 130 Å². The minimum atomic E-state index is -5.77. The van der Waals surface area contributed by atoms with E-state index in [-0.39, 0.29) is 34.7 Å². The molecular weight excluding hydrogens is 1740 g/mol. The number of hydrogen-bond donors (Lipinski definition) is 0. The van der Waals surface area contributed by atoms with Crippen molar-refractivity contribution in [2.45, 2.75) is 180 Å². The van der Waals surface area contributed by atoms with Gasteiger partial charge in [-0.25, -0.2) is 23.6 Å². The number of halogens is 7. The molecule has 0 saturated carbocycles. The molecule has 0 aromatic heterocycles. The minimum absolute atomic E-state index is 0.0207. The third-order valence-corrected chi connectivity index (χ3v) is 24.2. The molecule has 134 heavy (non-hydrogen) atoms. The van der Waals surface area contributed by atoms with Gasteiger partial charge in [0.2, 0.25) is 0 Å². The molecule has 5 aliphatic heterocycles. The summed E-state index contributed by atoms with van der Waals surface area (Å²) in [5.41, 5.74) is 3.14. The van der Waals surface area contributed by atoms with Gasteiger partial charge >= 0.3 is 36.2 Å². The van der Waals surface area contributed by atoms with Crippen LogP contribution in [0.5, 0.6) is 51.7 Å². The Balaban J connectivity index is 0.000000187. The Morgan fingerprint density at radius 1 is 0.366 bits per heavy atom. The van der Waals surface area contributed by atoms with Crippen LogP contribution in [0.4, 0.5) is 30.7 Å². The lowest BCUT2D eigenvalue weighted by atomic mass is 9.84. The number of esters is 4. The average Bonchev–Trinajstić information content (AvgIpc) is 1.44. The highest BCUT2D eigenvalue weighted by Gasteiger charge is 2.49. The Morgan fingerprint density at radius 3 is 1.08 bits per heavy atom. The molecule has 0 bridgehead atoms. The molecule has 3 atom stereocenters. The van der Waals surface area contributed by atoms with Crippen LogP contribution in [0.25, 0.3) is 22.3 Å². The lowest BCUT2D eigenvalue weighted by Crippen LogP contribution is -2.45. The van der Waals surface area contributed by atoms with Gasteiger partial charge in [-0.1, -0.05) is 87.7 Å². The maximum Gasteiger partial charge on any atom is 0.420 e. The lowest BCUT2D eigenvalue weighted by Gasteiger charge is -2.40. The smallest absolute Gasteiger partial charge is 0.420 e. The van der Waals surface area contributed by atoms with Crippen molar-refractivity contribution in [3.8, 4) is 74.0 Å². The number of carbonyl (C=O) groups excluding carboxylic acids is 4. The fourth-order valence-electron chi connectivity index (χ4n) is 15.3. The zero-order valence-electron chi connectivity index (χ0n) is 76.4. The van der Waals surface area contributed by atoms with Crippen LogP contribution < -0.4 is 42.6 Å². The van der Waals surface area contributed by atoms with Crippen molar-refractivity contribution in [3.05, 3.63) is 244 Å². The molecule has 15 rings (SSSR count). The molecular formula is C106H119F7O21. The maximum atomic E-state index is 15.0. The van der Waals surface area contributed by atoms with E-state index in [0.717, 1.165) is 214 Å². The molecule has 0 spiro atoms. The molecule has 5 fully saturated rings. The van der Waals surface area contributed by atoms with E-state index in [2.05, 4.69) is 64.1 Å². The zero-order valence-corrected chi connectivity index (χ0v) is 76.4. The molecule has 6 aliphatic rings. The average molecular weight is 1860 g/mol. The van der Waals surface area contributed by atoms with E-state index in [0.29, 0.717) is 125 Å². The lowest BCUT2D eigenvalue weighted by molar-refractivity contribution is -0.163. The molecule has 1 aliphatic carbocycles. The normalized spacial score (nSPS) is 16.7. The van der Waals surface area contributed by atoms with Crippen LogP contribution in [0, 0.1) is 23.6 Å². The number of rotatable bonds is 51. The summed E-state index contributed by atoms with van der Waals surface area (Å²) in [7, 11) is 0. The van der Waals surface area contributed by atoms with Crippen molar-refractivity contribution in [3.63, 3.8) is 0 Å². The summed E-state index contributed by atoms with van der Waals surface area (Å²) >= 11 is 0. The number of carbonyl (C=O) groups is 4. The standard InChI is InChI=1S/C46H55F7O10.C40H40O8.C20H24O3/c1-3-43(28-58-29-43)26-56-21-9-5-7-11-23-60-33-15-13-32(14-16-33)41(54)62-37-19-20-38(40(46(51,52)53)39(37)45(48,49)50)63-42(55)35-18-17-34(25-36(35)47)61-24-12-8-6-10-22-57-27-44(4-2)30-59-31-44;1-26-37-22-31(47-39(41)27-8-12-29(13-9-27)43-20-4-2-6-33-24-45-33)16-18-35(37)36-19-17-32(23-38(26)36)48-40(42)28-10-14-30(15-11-28)44-21-5-3-7-34-25-46-34;1-16-4-6-17(7-5-16)18-8-10-19(11-9-18)22-13-3-2-12-21-14-20-15-23-20/h13-20,25H,3-12,21-24,26-31H2,1-2H3;8-19,22-23,26,33-34H,2-7,20-21,24-25H2,1H3;4-11,20H,2-3,12-15H2,1H3. The number of benzene rings is 9. The SMILES string of the molecule is CC1c2cc(OC(=O)c3ccc(OCCCCC4CO4)cc3)ccc2-c2ccc(OC(=O)c3ccc(OCCCCC4CO4)cc3)cc21.CCC1(COCCCCCCOc2ccc(C(=O)Oc3ccc(OC(=O)c4ccc(OCCCCCCOCC5(CC)COC5)cc4F)c(C(F)(F)F)c3C(F)(F)F)cc2)COC1.Cc1ccc(-c2ccc(OCCCCOCC3CO3)cc2)cc1. The van der Waals surface area contributed by atoms with Gasteiger partial charge in [-0.05, 0) is 276 Å². The highest BCUT2D eigenvalue weighted by atomic mass is 19.4. The van der Waals surface area contributed by atoms with Crippen molar-refractivity contribution in [1.82, 2.24) is 0 Å². The summed E-state index contributed by atoms with van der Waals surface area (Å²) in [5, 5.41) is 0. The first-order valence-electron chi connectivity index (χ1n) is 46.5. The number of unbranched alkanes of at least 4 members (excludes halogenated alkanes) is 9. The Hall–Kier alpha value is -11.0. The van der Waals surface area contributed by atoms with Gasteiger partial charge in [-0.15, -0.1) is 0 Å². The molecule has 28 heteroatoms. The summed E-state index contributed by atoms with van der Waals surface area (Å²) in [6.07, 6.45) is 6.63. The van der Waals surface area contributed by atoms with Crippen molar-refractivity contribution in [2.75, 3.05) is 119 Å². The van der Waals surface area contributed by atoms with Crippen LogP contribution in [-0.2, 0) is 50.2 Å².